The first-order chi connectivity index (χ1) is 32.9. The molecule has 3 aromatic rings. The van der Waals surface area contributed by atoms with Gasteiger partial charge in [0.1, 0.15) is 0 Å². The van der Waals surface area contributed by atoms with Crippen LogP contribution in [0.5, 0.6) is 0 Å². The number of azide groups is 1. The molecule has 1 heterocycles. The van der Waals surface area contributed by atoms with Crippen molar-refractivity contribution < 1.29 is 5.76 Å². The Morgan fingerprint density at radius 1 is 0.731 bits per heavy atom. The van der Waals surface area contributed by atoms with E-state index < -0.39 is 0 Å². The van der Waals surface area contributed by atoms with E-state index in [1.165, 1.54) is 121 Å². The van der Waals surface area contributed by atoms with Gasteiger partial charge in [0, 0.05) is 24.3 Å². The van der Waals surface area contributed by atoms with Crippen LogP contribution in [0.2, 0.25) is 0 Å². The Bertz CT molecular complexity index is 2260. The molecule has 11 rings (SSSR count). The predicted octanol–water partition coefficient (Wildman–Crippen LogP) is 16.6. The predicted molar refractivity (Wildman–Crippen MR) is 275 cm³/mol. The average Bonchev–Trinajstić information content (AvgIpc) is 4.08. The molecule has 0 amide bonds. The van der Waals surface area contributed by atoms with Crippen molar-refractivity contribution in [2.24, 2.45) is 80.0 Å². The van der Waals surface area contributed by atoms with Crippen molar-refractivity contribution in [1.29, 1.82) is 0 Å². The molecule has 7 heteroatoms. The highest BCUT2D eigenvalue weighted by molar-refractivity contribution is 5.28. The van der Waals surface area contributed by atoms with Crippen molar-refractivity contribution >= 4 is 0 Å². The lowest BCUT2D eigenvalue weighted by Crippen LogP contribution is -2.49. The minimum Gasteiger partial charge on any atom is -0.255 e. The summed E-state index contributed by atoms with van der Waals surface area (Å²) >= 11 is 0. The van der Waals surface area contributed by atoms with Gasteiger partial charge in [-0.1, -0.05) is 143 Å². The summed E-state index contributed by atoms with van der Waals surface area (Å²) < 4.78 is 17.3. The van der Waals surface area contributed by atoms with Crippen LogP contribution in [0.4, 0.5) is 4.39 Å². The number of hydrogen-bond acceptors (Lipinski definition) is 3. The molecule has 0 N–H and O–H groups in total. The van der Waals surface area contributed by atoms with Crippen LogP contribution in [-0.2, 0) is 13.1 Å². The third-order valence-corrected chi connectivity index (χ3v) is 20.2. The summed E-state index contributed by atoms with van der Waals surface area (Å²) in [6.45, 7) is 16.5. The molecule has 8 aliphatic rings. The first-order valence-electron chi connectivity index (χ1n) is 27.1. The molecule has 0 aliphatic heterocycles. The maximum Gasteiger partial charge on any atom is 0.0863 e. The van der Waals surface area contributed by atoms with Crippen LogP contribution in [0.1, 0.15) is 176 Å². The van der Waals surface area contributed by atoms with Crippen LogP contribution in [0.3, 0.4) is 0 Å². The van der Waals surface area contributed by atoms with E-state index in [0.29, 0.717) is 47.2 Å². The zero-order valence-electron chi connectivity index (χ0n) is 43.6. The summed E-state index contributed by atoms with van der Waals surface area (Å²) in [6.07, 6.45) is 35.5. The van der Waals surface area contributed by atoms with Gasteiger partial charge >= 0.3 is 0 Å². The molecule has 0 spiro atoms. The van der Waals surface area contributed by atoms with Crippen molar-refractivity contribution in [3.8, 4) is 12.3 Å². The highest BCUT2D eigenvalue weighted by Crippen LogP contribution is 2.69. The Kier molecular flexibility index (Phi) is 15.6. The van der Waals surface area contributed by atoms with E-state index in [0.717, 1.165) is 59.5 Å². The van der Waals surface area contributed by atoms with Gasteiger partial charge in [-0.3, -0.25) is 4.39 Å². The lowest BCUT2D eigenvalue weighted by molar-refractivity contribution is -0.0364. The van der Waals surface area contributed by atoms with E-state index in [1.54, 1.807) is 0 Å². The Balaban J connectivity index is 0.000000164. The Morgan fingerprint density at radius 2 is 1.25 bits per heavy atom. The molecule has 0 saturated heterocycles. The number of hydrogen-bond donors (Lipinski definition) is 0. The number of nitrogens with zero attached hydrogens (tertiary/aromatic N) is 6. The minimum absolute atomic E-state index is 0.387. The van der Waals surface area contributed by atoms with E-state index in [4.69, 9.17) is 18.4 Å². The molecule has 0 bridgehead atoms. The number of fused-ring (bicyclic) bond motifs is 10. The molecule has 2 aromatic carbocycles. The minimum atomic E-state index is 0.387. The van der Waals surface area contributed by atoms with Crippen LogP contribution >= 0.6 is 0 Å². The third kappa shape index (κ3) is 9.74. The molecule has 0 radical (unpaired) electrons. The van der Waals surface area contributed by atoms with E-state index in [1.807, 2.05) is 46.2 Å². The van der Waals surface area contributed by atoms with Gasteiger partial charge in [-0.15, -0.1) is 17.4 Å². The number of terminal acetylenes is 1. The topological polar surface area (TPSA) is 79.5 Å². The van der Waals surface area contributed by atoms with Crippen molar-refractivity contribution in [2.45, 2.75) is 171 Å². The first-order valence-corrected chi connectivity index (χ1v) is 26.1. The van der Waals surface area contributed by atoms with Gasteiger partial charge < -0.3 is 0 Å². The number of allylic oxidation sites excluding steroid dienone is 4. The summed E-state index contributed by atoms with van der Waals surface area (Å²) in [5.41, 5.74) is 17.0. The summed E-state index contributed by atoms with van der Waals surface area (Å²) in [7, 11) is 1.75. The number of aromatic nitrogens is 3. The highest BCUT2D eigenvalue weighted by atomic mass is 19.1. The largest absolute Gasteiger partial charge is 0.255 e. The molecule has 362 valence electrons. The van der Waals surface area contributed by atoms with Crippen LogP contribution in [0, 0.1) is 87.3 Å². The SMILES string of the molecule is C#C[C@H]1CCC2C3CC=C4C[C@H](C)CC[C@]4(C)C3CC[C@@]21C.CF.C[C@@H]1CC[C@@]2(C)C(=CCC3C2CC[C@@]2(C)C3CC[C@@H]2c2cn(Cc3ccccc3)nn2)C1.[2H]C.[N-]=[N+]=NCc1ccccc1. The van der Waals surface area contributed by atoms with Crippen molar-refractivity contribution in [2.75, 3.05) is 7.18 Å². The van der Waals surface area contributed by atoms with Gasteiger partial charge in [0.15, 0.2) is 0 Å². The number of rotatable bonds is 5. The van der Waals surface area contributed by atoms with Gasteiger partial charge in [0.2, 0.25) is 0 Å². The molecular formula is C60H85FN6. The lowest BCUT2D eigenvalue weighted by Gasteiger charge is -2.58. The second-order valence-corrected chi connectivity index (χ2v) is 23.4. The molecule has 6 saturated carbocycles. The molecule has 67 heavy (non-hydrogen) atoms. The summed E-state index contributed by atoms with van der Waals surface area (Å²) in [4.78, 5) is 2.66. The maximum atomic E-state index is 9.50. The Morgan fingerprint density at radius 3 is 1.81 bits per heavy atom. The van der Waals surface area contributed by atoms with E-state index in [-0.39, 0.29) is 0 Å². The van der Waals surface area contributed by atoms with Crippen LogP contribution in [-0.4, -0.2) is 22.2 Å². The molecule has 6 nitrogen and oxygen atoms in total. The first kappa shape index (κ1) is 49.3. The van der Waals surface area contributed by atoms with E-state index in [2.05, 4.69) is 111 Å². The lowest BCUT2D eigenvalue weighted by atomic mass is 9.47. The zero-order valence-corrected chi connectivity index (χ0v) is 42.6. The zero-order chi connectivity index (χ0) is 48.7. The fourth-order valence-electron chi connectivity index (χ4n) is 16.5. The van der Waals surface area contributed by atoms with Crippen molar-refractivity contribution in [3.05, 3.63) is 117 Å². The van der Waals surface area contributed by atoms with Crippen molar-refractivity contribution in [1.82, 2.24) is 15.0 Å². The van der Waals surface area contributed by atoms with E-state index >= 15 is 0 Å². The molecule has 6 unspecified atom stereocenters. The third-order valence-electron chi connectivity index (χ3n) is 20.2. The molecule has 8 aliphatic carbocycles. The smallest absolute Gasteiger partial charge is 0.0863 e. The molecule has 1 aromatic heterocycles. The van der Waals surface area contributed by atoms with Crippen LogP contribution in [0.15, 0.2) is 95.3 Å². The summed E-state index contributed by atoms with van der Waals surface area (Å²) in [6, 6.07) is 20.2. The molecular weight excluding hydrogens is 824 g/mol. The molecule has 14 atom stereocenters. The number of halogens is 1. The fourth-order valence-corrected chi connectivity index (χ4v) is 16.5. The maximum absolute atomic E-state index is 9.50. The summed E-state index contributed by atoms with van der Waals surface area (Å²) in [5, 5.41) is 12.7. The number of benzene rings is 2. The van der Waals surface area contributed by atoms with Crippen LogP contribution < -0.4 is 0 Å². The second-order valence-electron chi connectivity index (χ2n) is 23.4. The van der Waals surface area contributed by atoms with Gasteiger partial charge in [0.05, 0.1) is 26.0 Å². The highest BCUT2D eigenvalue weighted by Gasteiger charge is 2.60. The number of alkyl halides is 1. The van der Waals surface area contributed by atoms with Gasteiger partial charge in [0.25, 0.3) is 0 Å². The Labute approximate surface area is 406 Å². The normalized spacial score (nSPS) is 38.6. The van der Waals surface area contributed by atoms with E-state index in [9.17, 15) is 4.39 Å². The average molecular weight is 910 g/mol. The fraction of sp³-hybridized carbons (Fsp3) is 0.667. The van der Waals surface area contributed by atoms with Gasteiger partial charge in [-0.05, 0) is 188 Å². The van der Waals surface area contributed by atoms with Crippen molar-refractivity contribution in [3.63, 3.8) is 0 Å². The van der Waals surface area contributed by atoms with Crippen LogP contribution in [0.25, 0.3) is 10.4 Å². The quantitative estimate of drug-likeness (QED) is 0.0840. The molecule has 6 fully saturated rings. The Hall–Kier alpha value is -4.14. The standard InChI is InChI=1S/C29H39N3.C22H32.C7H7N3.CH3F.CH4/c1-20-13-15-28(2)22(17-20)9-10-23-24-11-12-26(29(24,3)16-14-25(23)28)27-19-32(31-30-27)18-21-7-5-4-6-8-21;1-5-16-7-9-19-18-8-6-17-14-15(2)10-12-22(17,4)20(18)11-13-21(16,19)3;8-10-9-6-7-4-2-1-3-5-7;1-2;/h4-9,19-20,23-26H,10-18H2,1-3H3;1,6,15-16,18-20H,7-14H2,2-4H3;1-5H,6H2;1H3;1H4/t20-,23?,24?,25?,26-,28+,29+;15-,16+,18?,19?,20?,21-,22+;;;/m11.../s1/i;;;;1D. The second kappa shape index (κ2) is 21.2. The monoisotopic (exact) mass is 910 g/mol. The van der Waals surface area contributed by atoms with Gasteiger partial charge in [-0.2, -0.15) is 0 Å². The van der Waals surface area contributed by atoms with Gasteiger partial charge in [-0.25, -0.2) is 4.68 Å². The summed E-state index contributed by atoms with van der Waals surface area (Å²) in [5.74, 6) is 11.4.